The lowest BCUT2D eigenvalue weighted by Crippen LogP contribution is -2.19. The number of fused-ring (bicyclic) bond motifs is 1. The molecule has 0 bridgehead atoms. The molecule has 0 spiro atoms. The fraction of sp³-hybridized carbons (Fsp3) is 0.318. The summed E-state index contributed by atoms with van der Waals surface area (Å²) in [6.07, 6.45) is 2.65. The normalized spacial score (nSPS) is 15.3. The SMILES string of the molecule is COc1ccc(OC)c(-c2cc(C(=O)Nc3sc4c(c3C(N)=O)CCC(C)C4)no2)c1. The van der Waals surface area contributed by atoms with Crippen LogP contribution in [0, 0.1) is 5.92 Å². The van der Waals surface area contributed by atoms with Gasteiger partial charge in [0.05, 0.1) is 25.3 Å². The summed E-state index contributed by atoms with van der Waals surface area (Å²) in [6.45, 7) is 2.18. The van der Waals surface area contributed by atoms with E-state index in [0.29, 0.717) is 39.3 Å². The molecule has 8 nitrogen and oxygen atoms in total. The molecule has 0 radical (unpaired) electrons. The van der Waals surface area contributed by atoms with Crippen molar-refractivity contribution in [1.82, 2.24) is 5.16 Å². The molecule has 31 heavy (non-hydrogen) atoms. The molecule has 162 valence electrons. The minimum Gasteiger partial charge on any atom is -0.497 e. The second kappa shape index (κ2) is 8.43. The molecule has 0 fully saturated rings. The van der Waals surface area contributed by atoms with Gasteiger partial charge in [-0.1, -0.05) is 12.1 Å². The van der Waals surface area contributed by atoms with Gasteiger partial charge in [-0.25, -0.2) is 0 Å². The highest BCUT2D eigenvalue weighted by atomic mass is 32.1. The molecule has 1 aliphatic rings. The molecule has 2 amide bonds. The highest BCUT2D eigenvalue weighted by Crippen LogP contribution is 2.40. The molecule has 9 heteroatoms. The zero-order chi connectivity index (χ0) is 22.1. The topological polar surface area (TPSA) is 117 Å². The van der Waals surface area contributed by atoms with Crippen molar-refractivity contribution in [3.8, 4) is 22.8 Å². The van der Waals surface area contributed by atoms with Gasteiger partial charge < -0.3 is 25.0 Å². The molecule has 3 aromatic rings. The number of carbonyl (C=O) groups is 2. The van der Waals surface area contributed by atoms with E-state index in [1.54, 1.807) is 32.4 Å². The number of nitrogens with one attached hydrogen (secondary N) is 1. The molecule has 0 saturated heterocycles. The zero-order valence-electron chi connectivity index (χ0n) is 17.5. The average Bonchev–Trinajstić information content (AvgIpc) is 3.37. The number of ether oxygens (including phenoxy) is 2. The lowest BCUT2D eigenvalue weighted by Gasteiger charge is -2.18. The number of nitrogens with two attached hydrogens (primary N) is 1. The number of primary amides is 1. The second-order valence-corrected chi connectivity index (χ2v) is 8.62. The predicted molar refractivity (Wildman–Crippen MR) is 117 cm³/mol. The van der Waals surface area contributed by atoms with E-state index in [2.05, 4.69) is 17.4 Å². The van der Waals surface area contributed by atoms with Gasteiger partial charge in [0, 0.05) is 10.9 Å². The summed E-state index contributed by atoms with van der Waals surface area (Å²) in [5.41, 5.74) is 7.66. The quantitative estimate of drug-likeness (QED) is 0.599. The van der Waals surface area contributed by atoms with Crippen LogP contribution in [0.5, 0.6) is 11.5 Å². The molecule has 4 rings (SSSR count). The number of rotatable bonds is 6. The molecule has 1 unspecified atom stereocenters. The first kappa shape index (κ1) is 20.9. The van der Waals surface area contributed by atoms with Gasteiger partial charge in [-0.3, -0.25) is 9.59 Å². The molecular formula is C22H23N3O5S. The number of hydrogen-bond acceptors (Lipinski definition) is 7. The van der Waals surface area contributed by atoms with Gasteiger partial charge in [0.25, 0.3) is 11.8 Å². The standard InChI is InChI=1S/C22H23N3O5S/c1-11-4-6-13-18(8-11)31-22(19(13)20(23)26)24-21(27)15-10-17(30-25-15)14-9-12(28-2)5-7-16(14)29-3/h5,7,9-11H,4,6,8H2,1-3H3,(H2,23,26)(H,24,27). The summed E-state index contributed by atoms with van der Waals surface area (Å²) < 4.78 is 16.0. The van der Waals surface area contributed by atoms with Crippen molar-refractivity contribution in [3.63, 3.8) is 0 Å². The van der Waals surface area contributed by atoms with E-state index in [1.807, 2.05) is 0 Å². The Morgan fingerprint density at radius 1 is 1.26 bits per heavy atom. The van der Waals surface area contributed by atoms with Crippen molar-refractivity contribution >= 4 is 28.2 Å². The summed E-state index contributed by atoms with van der Waals surface area (Å²) in [4.78, 5) is 26.0. The third-order valence-electron chi connectivity index (χ3n) is 5.40. The number of carbonyl (C=O) groups excluding carboxylic acids is 2. The Morgan fingerprint density at radius 2 is 2.06 bits per heavy atom. The average molecular weight is 442 g/mol. The van der Waals surface area contributed by atoms with E-state index >= 15 is 0 Å². The maximum absolute atomic E-state index is 12.9. The van der Waals surface area contributed by atoms with Crippen LogP contribution >= 0.6 is 11.3 Å². The minimum absolute atomic E-state index is 0.0787. The first-order valence-electron chi connectivity index (χ1n) is 9.86. The highest BCUT2D eigenvalue weighted by Gasteiger charge is 2.28. The summed E-state index contributed by atoms with van der Waals surface area (Å²) in [5.74, 6) is 1.04. The van der Waals surface area contributed by atoms with Crippen molar-refractivity contribution in [2.75, 3.05) is 19.5 Å². The first-order valence-corrected chi connectivity index (χ1v) is 10.7. The van der Waals surface area contributed by atoms with Crippen LogP contribution in [-0.4, -0.2) is 31.2 Å². The molecule has 1 aliphatic carbocycles. The molecule has 0 aliphatic heterocycles. The van der Waals surface area contributed by atoms with Crippen LogP contribution in [0.3, 0.4) is 0 Å². The van der Waals surface area contributed by atoms with E-state index in [-0.39, 0.29) is 5.69 Å². The van der Waals surface area contributed by atoms with Crippen LogP contribution in [0.15, 0.2) is 28.8 Å². The van der Waals surface area contributed by atoms with Crippen LogP contribution in [0.25, 0.3) is 11.3 Å². The number of methoxy groups -OCH3 is 2. The summed E-state index contributed by atoms with van der Waals surface area (Å²) in [5, 5.41) is 7.15. The van der Waals surface area contributed by atoms with Gasteiger partial charge in [-0.05, 0) is 48.9 Å². The summed E-state index contributed by atoms with van der Waals surface area (Å²) in [6, 6.07) is 6.76. The van der Waals surface area contributed by atoms with Crippen LogP contribution in [-0.2, 0) is 12.8 Å². The number of aromatic nitrogens is 1. The molecule has 2 aromatic heterocycles. The van der Waals surface area contributed by atoms with Crippen LogP contribution in [0.2, 0.25) is 0 Å². The summed E-state index contributed by atoms with van der Waals surface area (Å²) >= 11 is 1.40. The number of benzene rings is 1. The van der Waals surface area contributed by atoms with Crippen molar-refractivity contribution in [2.45, 2.75) is 26.2 Å². The Morgan fingerprint density at radius 3 is 2.77 bits per heavy atom. The Kier molecular flexibility index (Phi) is 5.69. The zero-order valence-corrected chi connectivity index (χ0v) is 18.3. The molecule has 1 atom stereocenters. The van der Waals surface area contributed by atoms with Crippen LogP contribution in [0.4, 0.5) is 5.00 Å². The van der Waals surface area contributed by atoms with E-state index in [0.717, 1.165) is 29.7 Å². The lowest BCUT2D eigenvalue weighted by molar-refractivity contribution is 0.1000. The Hall–Kier alpha value is -3.33. The van der Waals surface area contributed by atoms with Crippen molar-refractivity contribution < 1.29 is 23.6 Å². The third-order valence-corrected chi connectivity index (χ3v) is 6.57. The van der Waals surface area contributed by atoms with E-state index < -0.39 is 11.8 Å². The largest absolute Gasteiger partial charge is 0.497 e. The maximum Gasteiger partial charge on any atom is 0.278 e. The molecule has 0 saturated carbocycles. The van der Waals surface area contributed by atoms with Crippen LogP contribution < -0.4 is 20.5 Å². The van der Waals surface area contributed by atoms with Crippen molar-refractivity contribution in [3.05, 3.63) is 46.0 Å². The smallest absolute Gasteiger partial charge is 0.278 e. The summed E-state index contributed by atoms with van der Waals surface area (Å²) in [7, 11) is 3.10. The van der Waals surface area contributed by atoms with Crippen molar-refractivity contribution in [1.29, 1.82) is 0 Å². The number of thiophene rings is 1. The monoisotopic (exact) mass is 441 g/mol. The Labute approximate surface area is 183 Å². The second-order valence-electron chi connectivity index (χ2n) is 7.52. The molecular weight excluding hydrogens is 418 g/mol. The molecule has 1 aromatic carbocycles. The van der Waals surface area contributed by atoms with E-state index in [4.69, 9.17) is 19.7 Å². The maximum atomic E-state index is 12.9. The van der Waals surface area contributed by atoms with E-state index in [1.165, 1.54) is 17.4 Å². The predicted octanol–water partition coefficient (Wildman–Crippen LogP) is 3.90. The highest BCUT2D eigenvalue weighted by molar-refractivity contribution is 7.17. The molecule has 3 N–H and O–H groups in total. The molecule has 2 heterocycles. The Balaban J connectivity index is 1.62. The van der Waals surface area contributed by atoms with Gasteiger partial charge >= 0.3 is 0 Å². The number of anilines is 1. The number of hydrogen-bond donors (Lipinski definition) is 2. The number of nitrogens with zero attached hydrogens (tertiary/aromatic N) is 1. The fourth-order valence-electron chi connectivity index (χ4n) is 3.78. The number of amides is 2. The van der Waals surface area contributed by atoms with E-state index in [9.17, 15) is 9.59 Å². The third kappa shape index (κ3) is 4.00. The van der Waals surface area contributed by atoms with Gasteiger partial charge in [-0.2, -0.15) is 0 Å². The Bertz CT molecular complexity index is 1150. The lowest BCUT2D eigenvalue weighted by atomic mass is 9.88. The van der Waals surface area contributed by atoms with Gasteiger partial charge in [0.1, 0.15) is 16.5 Å². The minimum atomic E-state index is -0.538. The fourth-order valence-corrected chi connectivity index (χ4v) is 5.19. The first-order chi connectivity index (χ1) is 14.9. The van der Waals surface area contributed by atoms with Crippen molar-refractivity contribution in [2.24, 2.45) is 11.7 Å². The van der Waals surface area contributed by atoms with Gasteiger partial charge in [-0.15, -0.1) is 11.3 Å². The van der Waals surface area contributed by atoms with Gasteiger partial charge in [0.2, 0.25) is 0 Å². The van der Waals surface area contributed by atoms with Gasteiger partial charge in [0.15, 0.2) is 11.5 Å². The van der Waals surface area contributed by atoms with Crippen LogP contribution in [0.1, 0.15) is 44.6 Å².